The van der Waals surface area contributed by atoms with Gasteiger partial charge in [0.1, 0.15) is 6.04 Å². The third kappa shape index (κ3) is 8.17. The summed E-state index contributed by atoms with van der Waals surface area (Å²) in [6, 6.07) is -1.03. The first-order valence-corrected chi connectivity index (χ1v) is 13.3. The quantitative estimate of drug-likeness (QED) is 0.424. The van der Waals surface area contributed by atoms with Crippen molar-refractivity contribution in [3.05, 3.63) is 0 Å². The van der Waals surface area contributed by atoms with Gasteiger partial charge in [0.15, 0.2) is 0 Å². The smallest absolute Gasteiger partial charge is 0.245 e. The molecule has 1 saturated heterocycles. The highest BCUT2D eigenvalue weighted by Gasteiger charge is 2.39. The molecule has 0 radical (unpaired) electrons. The predicted octanol–water partition coefficient (Wildman–Crippen LogP) is 3.00. The molecule has 0 saturated carbocycles. The summed E-state index contributed by atoms with van der Waals surface area (Å²) in [5, 5.41) is 3.03. The lowest BCUT2D eigenvalue weighted by Gasteiger charge is -2.40. The summed E-state index contributed by atoms with van der Waals surface area (Å²) in [5.41, 5.74) is 0. The maximum absolute atomic E-state index is 13.8. The number of likely N-dealkylation sites (N-methyl/N-ethyl adjacent to an activating group) is 2. The number of ether oxygens (including phenoxy) is 1. The van der Waals surface area contributed by atoms with Gasteiger partial charge < -0.3 is 19.9 Å². The zero-order chi connectivity index (χ0) is 27.0. The Morgan fingerprint density at radius 3 is 2.06 bits per heavy atom. The lowest BCUT2D eigenvalue weighted by Crippen LogP contribution is -2.59. The maximum Gasteiger partial charge on any atom is 0.245 e. The molecule has 1 N–H and O–H groups in total. The first-order valence-electron chi connectivity index (χ1n) is 13.3. The second-order valence-electron chi connectivity index (χ2n) is 11.3. The van der Waals surface area contributed by atoms with Gasteiger partial charge in [-0.3, -0.25) is 19.3 Å². The van der Waals surface area contributed by atoms with Gasteiger partial charge >= 0.3 is 0 Å². The van der Waals surface area contributed by atoms with Gasteiger partial charge in [0, 0.05) is 26.7 Å². The minimum absolute atomic E-state index is 0.0791. The number of hydrogen-bond donors (Lipinski definition) is 1. The molecular formula is C27H52N4O4. The van der Waals surface area contributed by atoms with Gasteiger partial charge in [-0.25, -0.2) is 0 Å². The van der Waals surface area contributed by atoms with Gasteiger partial charge in [-0.1, -0.05) is 48.0 Å². The van der Waals surface area contributed by atoms with Crippen molar-refractivity contribution in [3.8, 4) is 0 Å². The third-order valence-corrected chi connectivity index (χ3v) is 7.64. The molecule has 6 unspecified atom stereocenters. The molecule has 0 aromatic rings. The summed E-state index contributed by atoms with van der Waals surface area (Å²) in [7, 11) is 7.15. The normalized spacial score (nSPS) is 20.6. The van der Waals surface area contributed by atoms with Crippen molar-refractivity contribution < 1.29 is 19.1 Å². The standard InChI is InChI=1S/C27H52N4O4/c1-12-19(6)25(21(35-11)16-22(32)31-15-13-14-20(31)7)30(10)27(34)23(17(2)3)28-26(33)24(18(4)5)29(8)9/h17-21,23-25H,12-16H2,1-11H3,(H,28,33). The second kappa shape index (κ2) is 14.2. The van der Waals surface area contributed by atoms with Gasteiger partial charge in [-0.2, -0.15) is 0 Å². The van der Waals surface area contributed by atoms with Crippen LogP contribution in [0.5, 0.6) is 0 Å². The molecule has 0 aromatic heterocycles. The molecule has 1 heterocycles. The monoisotopic (exact) mass is 496 g/mol. The molecule has 0 aromatic carbocycles. The number of nitrogens with one attached hydrogen (secondary N) is 1. The molecule has 1 aliphatic heterocycles. The van der Waals surface area contributed by atoms with E-state index < -0.39 is 12.1 Å². The van der Waals surface area contributed by atoms with Crippen LogP contribution in [0.2, 0.25) is 0 Å². The average molecular weight is 497 g/mol. The Morgan fingerprint density at radius 1 is 1.06 bits per heavy atom. The molecule has 35 heavy (non-hydrogen) atoms. The van der Waals surface area contributed by atoms with E-state index in [0.717, 1.165) is 25.8 Å². The van der Waals surface area contributed by atoms with Crippen LogP contribution in [-0.2, 0) is 19.1 Å². The van der Waals surface area contributed by atoms with Crippen molar-refractivity contribution >= 4 is 17.7 Å². The Kier molecular flexibility index (Phi) is 12.7. The molecule has 1 fully saturated rings. The SMILES string of the molecule is CCC(C)C(C(CC(=O)N1CCCC1C)OC)N(C)C(=O)C(NC(=O)C(C(C)C)N(C)C)C(C)C. The van der Waals surface area contributed by atoms with Crippen LogP contribution >= 0.6 is 0 Å². The van der Waals surface area contributed by atoms with E-state index >= 15 is 0 Å². The fraction of sp³-hybridized carbons (Fsp3) is 0.889. The minimum atomic E-state index is -0.660. The Bertz CT molecular complexity index is 689. The summed E-state index contributed by atoms with van der Waals surface area (Å²) in [6.07, 6.45) is 2.70. The number of carbonyl (C=O) groups excluding carboxylic acids is 3. The van der Waals surface area contributed by atoms with Crippen LogP contribution in [0.25, 0.3) is 0 Å². The molecule has 8 nitrogen and oxygen atoms in total. The van der Waals surface area contributed by atoms with Gasteiger partial charge in [-0.05, 0) is 51.6 Å². The van der Waals surface area contributed by atoms with Crippen LogP contribution < -0.4 is 5.32 Å². The number of nitrogens with zero attached hydrogens (tertiary/aromatic N) is 3. The van der Waals surface area contributed by atoms with Crippen molar-refractivity contribution in [2.45, 2.75) is 104 Å². The number of carbonyl (C=O) groups is 3. The number of hydrogen-bond acceptors (Lipinski definition) is 5. The van der Waals surface area contributed by atoms with E-state index in [-0.39, 0.29) is 60.0 Å². The van der Waals surface area contributed by atoms with E-state index in [9.17, 15) is 14.4 Å². The van der Waals surface area contributed by atoms with E-state index in [1.807, 2.05) is 51.6 Å². The maximum atomic E-state index is 13.8. The fourth-order valence-corrected chi connectivity index (χ4v) is 5.43. The number of amides is 3. The van der Waals surface area contributed by atoms with E-state index in [4.69, 9.17) is 4.74 Å². The molecule has 8 heteroatoms. The number of likely N-dealkylation sites (tertiary alicyclic amines) is 1. The number of methoxy groups -OCH3 is 1. The molecule has 0 aliphatic carbocycles. The lowest BCUT2D eigenvalue weighted by molar-refractivity contribution is -0.146. The van der Waals surface area contributed by atoms with Crippen molar-refractivity contribution in [2.75, 3.05) is 34.8 Å². The van der Waals surface area contributed by atoms with E-state index in [0.29, 0.717) is 0 Å². The summed E-state index contributed by atoms with van der Waals surface area (Å²) < 4.78 is 5.86. The summed E-state index contributed by atoms with van der Waals surface area (Å²) in [6.45, 7) is 14.9. The summed E-state index contributed by atoms with van der Waals surface area (Å²) in [4.78, 5) is 45.6. The molecule has 6 atom stereocenters. The fourth-order valence-electron chi connectivity index (χ4n) is 5.43. The molecular weight excluding hydrogens is 444 g/mol. The first-order chi connectivity index (χ1) is 16.3. The highest BCUT2D eigenvalue weighted by molar-refractivity contribution is 5.90. The second-order valence-corrected chi connectivity index (χ2v) is 11.3. The van der Waals surface area contributed by atoms with Crippen LogP contribution in [-0.4, -0.2) is 97.5 Å². The lowest BCUT2D eigenvalue weighted by atomic mass is 9.89. The zero-order valence-corrected chi connectivity index (χ0v) is 24.1. The summed E-state index contributed by atoms with van der Waals surface area (Å²) >= 11 is 0. The third-order valence-electron chi connectivity index (χ3n) is 7.64. The Balaban J connectivity index is 3.15. The Labute approximate surface area is 214 Å². The van der Waals surface area contributed by atoms with Crippen LogP contribution in [0, 0.1) is 17.8 Å². The largest absolute Gasteiger partial charge is 0.379 e. The van der Waals surface area contributed by atoms with E-state index in [2.05, 4.69) is 26.1 Å². The number of rotatable bonds is 13. The molecule has 1 aliphatic rings. The highest BCUT2D eigenvalue weighted by atomic mass is 16.5. The van der Waals surface area contributed by atoms with Crippen LogP contribution in [0.4, 0.5) is 0 Å². The molecule has 0 spiro atoms. The van der Waals surface area contributed by atoms with Crippen molar-refractivity contribution in [1.29, 1.82) is 0 Å². The summed E-state index contributed by atoms with van der Waals surface area (Å²) in [5.74, 6) is -0.0808. The van der Waals surface area contributed by atoms with Crippen molar-refractivity contribution in [3.63, 3.8) is 0 Å². The molecule has 3 amide bonds. The van der Waals surface area contributed by atoms with Gasteiger partial charge in [0.2, 0.25) is 17.7 Å². The zero-order valence-electron chi connectivity index (χ0n) is 24.1. The van der Waals surface area contributed by atoms with Gasteiger partial charge in [0.05, 0.1) is 24.6 Å². The van der Waals surface area contributed by atoms with Crippen molar-refractivity contribution in [2.24, 2.45) is 17.8 Å². The Morgan fingerprint density at radius 2 is 1.66 bits per heavy atom. The van der Waals surface area contributed by atoms with Crippen LogP contribution in [0.1, 0.15) is 74.1 Å². The van der Waals surface area contributed by atoms with Crippen LogP contribution in [0.3, 0.4) is 0 Å². The minimum Gasteiger partial charge on any atom is -0.379 e. The van der Waals surface area contributed by atoms with Gasteiger partial charge in [0.25, 0.3) is 0 Å². The molecule has 0 bridgehead atoms. The van der Waals surface area contributed by atoms with E-state index in [1.165, 1.54) is 0 Å². The van der Waals surface area contributed by atoms with Gasteiger partial charge in [-0.15, -0.1) is 0 Å². The first kappa shape index (κ1) is 31.4. The van der Waals surface area contributed by atoms with E-state index in [1.54, 1.807) is 19.1 Å². The van der Waals surface area contributed by atoms with Crippen LogP contribution in [0.15, 0.2) is 0 Å². The van der Waals surface area contributed by atoms with Crippen molar-refractivity contribution in [1.82, 2.24) is 20.0 Å². The molecule has 1 rings (SSSR count). The Hall–Kier alpha value is -1.67. The predicted molar refractivity (Wildman–Crippen MR) is 141 cm³/mol. The highest BCUT2D eigenvalue weighted by Crippen LogP contribution is 2.25. The topological polar surface area (TPSA) is 82.2 Å². The average Bonchev–Trinajstić information content (AvgIpc) is 3.21. The molecule has 204 valence electrons.